The second kappa shape index (κ2) is 6.05. The highest BCUT2D eigenvalue weighted by atomic mass is 16.3. The maximum Gasteiger partial charge on any atom is 0.226 e. The van der Waals surface area contributed by atoms with Gasteiger partial charge >= 0.3 is 0 Å². The van der Waals surface area contributed by atoms with Crippen molar-refractivity contribution in [3.8, 4) is 0 Å². The van der Waals surface area contributed by atoms with Gasteiger partial charge in [0.05, 0.1) is 0 Å². The highest BCUT2D eigenvalue weighted by Gasteiger charge is 2.41. The van der Waals surface area contributed by atoms with Crippen molar-refractivity contribution in [2.24, 2.45) is 16.7 Å². The van der Waals surface area contributed by atoms with Crippen LogP contribution in [-0.2, 0) is 4.79 Å². The molecule has 1 aliphatic carbocycles. The second-order valence-electron chi connectivity index (χ2n) is 7.09. The predicted molar refractivity (Wildman–Crippen MR) is 74.2 cm³/mol. The summed E-state index contributed by atoms with van der Waals surface area (Å²) in [6.45, 7) is 8.97. The Morgan fingerprint density at radius 3 is 2.33 bits per heavy atom. The van der Waals surface area contributed by atoms with E-state index in [2.05, 4.69) is 19.2 Å². The zero-order valence-electron chi connectivity index (χ0n) is 12.4. The van der Waals surface area contributed by atoms with Crippen LogP contribution in [0.2, 0.25) is 0 Å². The van der Waals surface area contributed by atoms with E-state index < -0.39 is 0 Å². The van der Waals surface area contributed by atoms with E-state index in [4.69, 9.17) is 0 Å². The van der Waals surface area contributed by atoms with Crippen molar-refractivity contribution >= 4 is 5.91 Å². The first-order valence-electron chi connectivity index (χ1n) is 7.20. The third kappa shape index (κ3) is 3.98. The average Bonchev–Trinajstić information content (AvgIpc) is 2.75. The number of amides is 1. The quantitative estimate of drug-likeness (QED) is 0.766. The van der Waals surface area contributed by atoms with Crippen molar-refractivity contribution in [2.75, 3.05) is 13.2 Å². The maximum atomic E-state index is 12.5. The van der Waals surface area contributed by atoms with Gasteiger partial charge in [0.25, 0.3) is 0 Å². The van der Waals surface area contributed by atoms with Crippen LogP contribution in [0.4, 0.5) is 0 Å². The first kappa shape index (κ1) is 15.5. The van der Waals surface area contributed by atoms with Crippen LogP contribution in [-0.4, -0.2) is 24.2 Å². The molecule has 1 fully saturated rings. The van der Waals surface area contributed by atoms with Gasteiger partial charge in [-0.2, -0.15) is 0 Å². The van der Waals surface area contributed by atoms with Crippen molar-refractivity contribution in [1.29, 1.82) is 0 Å². The summed E-state index contributed by atoms with van der Waals surface area (Å²) in [4.78, 5) is 12.5. The Balaban J connectivity index is 2.61. The monoisotopic (exact) mass is 255 g/mol. The molecule has 0 aromatic heterocycles. The molecule has 1 rings (SSSR count). The van der Waals surface area contributed by atoms with Crippen molar-refractivity contribution in [3.05, 3.63) is 0 Å². The second-order valence-corrected chi connectivity index (χ2v) is 7.09. The standard InChI is InChI=1S/C15H29NO2/c1-12(2)9-15(7-5-6-8-15)13(18)16-10-14(3,4)11-17/h12,17H,5-11H2,1-4H3,(H,16,18). The minimum atomic E-state index is -0.229. The summed E-state index contributed by atoms with van der Waals surface area (Å²) >= 11 is 0. The molecule has 3 heteroatoms. The zero-order chi connectivity index (χ0) is 13.8. The summed E-state index contributed by atoms with van der Waals surface area (Å²) in [6.07, 6.45) is 5.37. The van der Waals surface area contributed by atoms with E-state index in [1.807, 2.05) is 13.8 Å². The van der Waals surface area contributed by atoms with E-state index in [1.54, 1.807) is 0 Å². The number of rotatable bonds is 6. The molecule has 18 heavy (non-hydrogen) atoms. The molecule has 3 nitrogen and oxygen atoms in total. The van der Waals surface area contributed by atoms with E-state index in [9.17, 15) is 9.90 Å². The summed E-state index contributed by atoms with van der Waals surface area (Å²) < 4.78 is 0. The SMILES string of the molecule is CC(C)CC1(C(=O)NCC(C)(C)CO)CCCC1. The van der Waals surface area contributed by atoms with Gasteiger partial charge < -0.3 is 10.4 Å². The molecule has 0 radical (unpaired) electrons. The number of carbonyl (C=O) groups excluding carboxylic acids is 1. The summed E-state index contributed by atoms with van der Waals surface area (Å²) in [5, 5.41) is 12.3. The van der Waals surface area contributed by atoms with E-state index in [0.717, 1.165) is 19.3 Å². The topological polar surface area (TPSA) is 49.3 Å². The lowest BCUT2D eigenvalue weighted by molar-refractivity contribution is -0.132. The third-order valence-electron chi connectivity index (χ3n) is 4.00. The van der Waals surface area contributed by atoms with Crippen LogP contribution >= 0.6 is 0 Å². The van der Waals surface area contributed by atoms with E-state index >= 15 is 0 Å². The molecule has 2 N–H and O–H groups in total. The average molecular weight is 255 g/mol. The van der Waals surface area contributed by atoms with Gasteiger partial charge in [-0.1, -0.05) is 40.5 Å². The molecule has 1 amide bonds. The normalized spacial score (nSPS) is 19.2. The summed E-state index contributed by atoms with van der Waals surface area (Å²) in [6, 6.07) is 0. The molecule has 0 heterocycles. The van der Waals surface area contributed by atoms with E-state index in [1.165, 1.54) is 12.8 Å². The molecule has 0 aliphatic heterocycles. The number of hydrogen-bond donors (Lipinski definition) is 2. The van der Waals surface area contributed by atoms with Gasteiger partial charge in [-0.25, -0.2) is 0 Å². The summed E-state index contributed by atoms with van der Waals surface area (Å²) in [5.74, 6) is 0.759. The van der Waals surface area contributed by atoms with Gasteiger partial charge in [0.1, 0.15) is 0 Å². The van der Waals surface area contributed by atoms with E-state index in [0.29, 0.717) is 12.5 Å². The molecular weight excluding hydrogens is 226 g/mol. The Hall–Kier alpha value is -0.570. The lowest BCUT2D eigenvalue weighted by Crippen LogP contribution is -2.44. The predicted octanol–water partition coefficient (Wildman–Crippen LogP) is 2.73. The Kier molecular flexibility index (Phi) is 5.20. The van der Waals surface area contributed by atoms with Crippen LogP contribution in [0.1, 0.15) is 59.8 Å². The molecule has 1 aliphatic rings. The van der Waals surface area contributed by atoms with Crippen molar-refractivity contribution in [3.63, 3.8) is 0 Å². The van der Waals surface area contributed by atoms with Crippen molar-refractivity contribution in [2.45, 2.75) is 59.8 Å². The third-order valence-corrected chi connectivity index (χ3v) is 4.00. The van der Waals surface area contributed by atoms with Gasteiger partial charge in [0, 0.05) is 24.0 Å². The van der Waals surface area contributed by atoms with Crippen LogP contribution in [0.15, 0.2) is 0 Å². The van der Waals surface area contributed by atoms with Crippen LogP contribution < -0.4 is 5.32 Å². The lowest BCUT2D eigenvalue weighted by Gasteiger charge is -2.31. The number of aliphatic hydroxyl groups excluding tert-OH is 1. The fourth-order valence-electron chi connectivity index (χ4n) is 2.92. The molecule has 0 spiro atoms. The molecule has 0 aromatic rings. The van der Waals surface area contributed by atoms with Crippen LogP contribution in [0, 0.1) is 16.7 Å². The summed E-state index contributed by atoms with van der Waals surface area (Å²) in [7, 11) is 0. The highest BCUT2D eigenvalue weighted by molar-refractivity contribution is 5.83. The smallest absolute Gasteiger partial charge is 0.226 e. The molecule has 0 bridgehead atoms. The van der Waals surface area contributed by atoms with Gasteiger partial charge in [-0.05, 0) is 25.2 Å². The zero-order valence-corrected chi connectivity index (χ0v) is 12.4. The highest BCUT2D eigenvalue weighted by Crippen LogP contribution is 2.43. The van der Waals surface area contributed by atoms with Gasteiger partial charge in [-0.3, -0.25) is 4.79 Å². The Morgan fingerprint density at radius 2 is 1.89 bits per heavy atom. The lowest BCUT2D eigenvalue weighted by atomic mass is 9.77. The molecule has 0 unspecified atom stereocenters. The molecule has 0 saturated heterocycles. The number of aliphatic hydroxyl groups is 1. The molecule has 106 valence electrons. The minimum absolute atomic E-state index is 0.102. The van der Waals surface area contributed by atoms with Gasteiger partial charge in [0.2, 0.25) is 5.91 Å². The van der Waals surface area contributed by atoms with Crippen LogP contribution in [0.3, 0.4) is 0 Å². The number of nitrogens with one attached hydrogen (secondary N) is 1. The Morgan fingerprint density at radius 1 is 1.33 bits per heavy atom. The fourth-order valence-corrected chi connectivity index (χ4v) is 2.92. The van der Waals surface area contributed by atoms with Crippen LogP contribution in [0.5, 0.6) is 0 Å². The van der Waals surface area contributed by atoms with Crippen molar-refractivity contribution in [1.82, 2.24) is 5.32 Å². The minimum Gasteiger partial charge on any atom is -0.396 e. The number of carbonyl (C=O) groups is 1. The first-order valence-corrected chi connectivity index (χ1v) is 7.20. The molecular formula is C15H29NO2. The first-order chi connectivity index (χ1) is 8.31. The van der Waals surface area contributed by atoms with E-state index in [-0.39, 0.29) is 23.3 Å². The molecule has 0 atom stereocenters. The van der Waals surface area contributed by atoms with Crippen molar-refractivity contribution < 1.29 is 9.90 Å². The Labute approximate surface area is 111 Å². The number of hydrogen-bond acceptors (Lipinski definition) is 2. The largest absolute Gasteiger partial charge is 0.396 e. The van der Waals surface area contributed by atoms with Crippen LogP contribution in [0.25, 0.3) is 0 Å². The Bertz CT molecular complexity index is 278. The van der Waals surface area contributed by atoms with Gasteiger partial charge in [-0.15, -0.1) is 0 Å². The fraction of sp³-hybridized carbons (Fsp3) is 0.933. The summed E-state index contributed by atoms with van der Waals surface area (Å²) in [5.41, 5.74) is -0.368. The van der Waals surface area contributed by atoms with Gasteiger partial charge in [0.15, 0.2) is 0 Å². The molecule has 1 saturated carbocycles. The molecule has 0 aromatic carbocycles. The maximum absolute atomic E-state index is 12.5.